The Bertz CT molecular complexity index is 652. The Morgan fingerprint density at radius 1 is 1.35 bits per heavy atom. The van der Waals surface area contributed by atoms with Crippen molar-refractivity contribution in [1.29, 1.82) is 0 Å². The zero-order valence-corrected chi connectivity index (χ0v) is 11.5. The first-order valence-electron chi connectivity index (χ1n) is 5.73. The summed E-state index contributed by atoms with van der Waals surface area (Å²) in [6.45, 7) is 4.48. The van der Waals surface area contributed by atoms with Crippen LogP contribution in [0.25, 0.3) is 21.1 Å². The second kappa shape index (κ2) is 4.35. The Morgan fingerprint density at radius 3 is 3.06 bits per heavy atom. The average molecular weight is 262 g/mol. The van der Waals surface area contributed by atoms with Gasteiger partial charge in [-0.1, -0.05) is 25.6 Å². The number of nitrogens with one attached hydrogen (secondary N) is 1. The normalized spacial score (nSPS) is 11.9. The number of aromatic amines is 1. The van der Waals surface area contributed by atoms with Gasteiger partial charge in [-0.2, -0.15) is 0 Å². The minimum atomic E-state index is 0.708. The van der Waals surface area contributed by atoms with Crippen LogP contribution in [0.4, 0.5) is 0 Å². The molecule has 0 spiro atoms. The Morgan fingerprint density at radius 2 is 2.24 bits per heavy atom. The summed E-state index contributed by atoms with van der Waals surface area (Å²) in [4.78, 5) is 7.93. The maximum absolute atomic E-state index is 4.68. The number of hydrogen-bond acceptors (Lipinski definition) is 3. The number of benzene rings is 1. The SMILES string of the molecule is CC(C)CSc1nc2ccc3[nH]ccc3c2s1. The third-order valence-corrected chi connectivity index (χ3v) is 5.28. The van der Waals surface area contributed by atoms with Gasteiger partial charge in [0.15, 0.2) is 4.34 Å². The molecule has 0 fully saturated rings. The van der Waals surface area contributed by atoms with Crippen molar-refractivity contribution in [3.63, 3.8) is 0 Å². The molecule has 0 amide bonds. The summed E-state index contributed by atoms with van der Waals surface area (Å²) in [7, 11) is 0. The minimum absolute atomic E-state index is 0.708. The molecule has 0 unspecified atom stereocenters. The fourth-order valence-electron chi connectivity index (χ4n) is 1.80. The Kier molecular flexibility index (Phi) is 2.84. The zero-order chi connectivity index (χ0) is 11.8. The number of rotatable bonds is 3. The van der Waals surface area contributed by atoms with Crippen molar-refractivity contribution < 1.29 is 0 Å². The summed E-state index contributed by atoms with van der Waals surface area (Å²) in [6.07, 6.45) is 1.99. The molecule has 1 N–H and O–H groups in total. The van der Waals surface area contributed by atoms with Crippen molar-refractivity contribution in [2.24, 2.45) is 5.92 Å². The lowest BCUT2D eigenvalue weighted by Gasteiger charge is -1.99. The van der Waals surface area contributed by atoms with Gasteiger partial charge < -0.3 is 4.98 Å². The van der Waals surface area contributed by atoms with Crippen LogP contribution in [0.1, 0.15) is 13.8 Å². The topological polar surface area (TPSA) is 28.7 Å². The third kappa shape index (κ3) is 2.07. The monoisotopic (exact) mass is 262 g/mol. The molecule has 0 aliphatic heterocycles. The van der Waals surface area contributed by atoms with Crippen LogP contribution in [0.5, 0.6) is 0 Å². The van der Waals surface area contributed by atoms with Crippen LogP contribution in [0.15, 0.2) is 28.7 Å². The second-order valence-corrected chi connectivity index (χ2v) is 6.80. The van der Waals surface area contributed by atoms with E-state index in [0.29, 0.717) is 5.92 Å². The molecule has 2 nitrogen and oxygen atoms in total. The first kappa shape index (κ1) is 11.1. The van der Waals surface area contributed by atoms with Gasteiger partial charge in [0.1, 0.15) is 0 Å². The highest BCUT2D eigenvalue weighted by Gasteiger charge is 2.08. The fraction of sp³-hybridized carbons (Fsp3) is 0.308. The number of nitrogens with zero attached hydrogens (tertiary/aromatic N) is 1. The lowest BCUT2D eigenvalue weighted by atomic mass is 10.2. The molecule has 17 heavy (non-hydrogen) atoms. The summed E-state index contributed by atoms with van der Waals surface area (Å²) in [6, 6.07) is 6.34. The highest BCUT2D eigenvalue weighted by atomic mass is 32.2. The lowest BCUT2D eigenvalue weighted by Crippen LogP contribution is -1.89. The van der Waals surface area contributed by atoms with Crippen LogP contribution in [-0.2, 0) is 0 Å². The van der Waals surface area contributed by atoms with Gasteiger partial charge in [0, 0.05) is 22.9 Å². The standard InChI is InChI=1S/C13H14N2S2/c1-8(2)7-16-13-15-11-4-3-10-9(5-6-14-10)12(11)17-13/h3-6,8,14H,7H2,1-2H3. The number of fused-ring (bicyclic) bond motifs is 3. The Labute approximate surface area is 108 Å². The highest BCUT2D eigenvalue weighted by Crippen LogP contribution is 2.34. The van der Waals surface area contributed by atoms with Gasteiger partial charge in [0.05, 0.1) is 10.2 Å². The molecule has 3 aromatic rings. The number of hydrogen-bond donors (Lipinski definition) is 1. The van der Waals surface area contributed by atoms with E-state index in [-0.39, 0.29) is 0 Å². The van der Waals surface area contributed by atoms with Crippen molar-refractivity contribution in [3.05, 3.63) is 24.4 Å². The molecular formula is C13H14N2S2. The van der Waals surface area contributed by atoms with Crippen molar-refractivity contribution >= 4 is 44.2 Å². The summed E-state index contributed by atoms with van der Waals surface area (Å²) in [5.74, 6) is 1.84. The largest absolute Gasteiger partial charge is 0.361 e. The van der Waals surface area contributed by atoms with E-state index in [2.05, 4.69) is 42.0 Å². The fourth-order valence-corrected chi connectivity index (χ4v) is 3.95. The van der Waals surface area contributed by atoms with E-state index in [4.69, 9.17) is 0 Å². The summed E-state index contributed by atoms with van der Waals surface area (Å²) in [5, 5.41) is 1.29. The number of H-pyrrole nitrogens is 1. The molecule has 0 saturated heterocycles. The summed E-state index contributed by atoms with van der Waals surface area (Å²) < 4.78 is 2.48. The summed E-state index contributed by atoms with van der Waals surface area (Å²) >= 11 is 3.67. The van der Waals surface area contributed by atoms with E-state index in [0.717, 1.165) is 11.3 Å². The van der Waals surface area contributed by atoms with Crippen LogP contribution in [0.3, 0.4) is 0 Å². The number of thiazole rings is 1. The average Bonchev–Trinajstić information content (AvgIpc) is 2.91. The molecule has 2 heterocycles. The molecule has 0 aliphatic rings. The van der Waals surface area contributed by atoms with Crippen LogP contribution in [0, 0.1) is 5.92 Å². The molecule has 0 bridgehead atoms. The van der Waals surface area contributed by atoms with E-state index < -0.39 is 0 Å². The van der Waals surface area contributed by atoms with Crippen molar-refractivity contribution in [2.45, 2.75) is 18.2 Å². The van der Waals surface area contributed by atoms with Gasteiger partial charge in [-0.15, -0.1) is 11.3 Å². The van der Waals surface area contributed by atoms with Crippen molar-refractivity contribution in [1.82, 2.24) is 9.97 Å². The minimum Gasteiger partial charge on any atom is -0.361 e. The number of thioether (sulfide) groups is 1. The molecule has 2 aromatic heterocycles. The van der Waals surface area contributed by atoms with Crippen molar-refractivity contribution in [2.75, 3.05) is 5.75 Å². The van der Waals surface area contributed by atoms with Crippen LogP contribution >= 0.6 is 23.1 Å². The number of aromatic nitrogens is 2. The van der Waals surface area contributed by atoms with E-state index in [1.54, 1.807) is 11.3 Å². The predicted molar refractivity (Wildman–Crippen MR) is 77.0 cm³/mol. The van der Waals surface area contributed by atoms with Gasteiger partial charge in [0.25, 0.3) is 0 Å². The van der Waals surface area contributed by atoms with Crippen LogP contribution in [0.2, 0.25) is 0 Å². The molecule has 4 heteroatoms. The quantitative estimate of drug-likeness (QED) is 0.703. The molecular weight excluding hydrogens is 248 g/mol. The Balaban J connectivity index is 2.05. The van der Waals surface area contributed by atoms with Crippen molar-refractivity contribution in [3.8, 4) is 0 Å². The lowest BCUT2D eigenvalue weighted by molar-refractivity contribution is 0.750. The van der Waals surface area contributed by atoms with Gasteiger partial charge in [-0.05, 0) is 24.1 Å². The third-order valence-electron chi connectivity index (χ3n) is 2.61. The molecule has 0 radical (unpaired) electrons. The molecule has 1 aromatic carbocycles. The predicted octanol–water partition coefficient (Wildman–Crippen LogP) is 4.53. The maximum Gasteiger partial charge on any atom is 0.151 e. The van der Waals surface area contributed by atoms with Gasteiger partial charge in [-0.25, -0.2) is 4.98 Å². The van der Waals surface area contributed by atoms with E-state index in [1.165, 1.54) is 19.9 Å². The van der Waals surface area contributed by atoms with Gasteiger partial charge in [-0.3, -0.25) is 0 Å². The zero-order valence-electron chi connectivity index (χ0n) is 9.86. The van der Waals surface area contributed by atoms with E-state index >= 15 is 0 Å². The molecule has 88 valence electrons. The van der Waals surface area contributed by atoms with E-state index in [9.17, 15) is 0 Å². The first-order chi connectivity index (χ1) is 8.24. The molecule has 0 aliphatic carbocycles. The molecule has 0 atom stereocenters. The van der Waals surface area contributed by atoms with Gasteiger partial charge in [0.2, 0.25) is 0 Å². The van der Waals surface area contributed by atoms with Crippen LogP contribution in [-0.4, -0.2) is 15.7 Å². The van der Waals surface area contributed by atoms with E-state index in [1.807, 2.05) is 18.0 Å². The second-order valence-electron chi connectivity index (χ2n) is 4.54. The smallest absolute Gasteiger partial charge is 0.151 e. The first-order valence-corrected chi connectivity index (χ1v) is 7.53. The highest BCUT2D eigenvalue weighted by molar-refractivity contribution is 8.01. The van der Waals surface area contributed by atoms with Gasteiger partial charge >= 0.3 is 0 Å². The van der Waals surface area contributed by atoms with Crippen LogP contribution < -0.4 is 0 Å². The molecule has 0 saturated carbocycles. The Hall–Kier alpha value is -1.000. The summed E-state index contributed by atoms with van der Waals surface area (Å²) in [5.41, 5.74) is 2.31. The molecule has 3 rings (SSSR count). The maximum atomic E-state index is 4.68.